The number of benzene rings is 1. The van der Waals surface area contributed by atoms with Crippen molar-refractivity contribution in [3.05, 3.63) is 29.8 Å². The molecular weight excluding hydrogens is 254 g/mol. The van der Waals surface area contributed by atoms with E-state index in [1.54, 1.807) is 7.05 Å². The van der Waals surface area contributed by atoms with Crippen molar-refractivity contribution in [2.75, 3.05) is 34.3 Å². The van der Waals surface area contributed by atoms with Crippen LogP contribution in [0.15, 0.2) is 18.2 Å². The largest absolute Gasteiger partial charge is 0.491 e. The Hall–Kier alpha value is -1.69. The molecule has 19 heavy (non-hydrogen) atoms. The summed E-state index contributed by atoms with van der Waals surface area (Å²) in [6.45, 7) is 0.753. The molecule has 4 nitrogen and oxygen atoms in total. The molecule has 0 aliphatic carbocycles. The van der Waals surface area contributed by atoms with Gasteiger partial charge in [-0.15, -0.1) is 0 Å². The molecule has 1 amide bonds. The van der Waals surface area contributed by atoms with Gasteiger partial charge < -0.3 is 14.5 Å². The quantitative estimate of drug-likeness (QED) is 0.703. The molecule has 0 saturated carbocycles. The maximum atomic E-state index is 13.0. The highest BCUT2D eigenvalue weighted by atomic mass is 19.1. The topological polar surface area (TPSA) is 32.8 Å². The van der Waals surface area contributed by atoms with E-state index < -0.39 is 11.6 Å². The number of amides is 1. The van der Waals surface area contributed by atoms with E-state index >= 15 is 0 Å². The molecule has 0 aliphatic heterocycles. The Kier molecular flexibility index (Phi) is 5.69. The van der Waals surface area contributed by atoms with Crippen LogP contribution in [-0.4, -0.2) is 56.5 Å². The first-order valence-corrected chi connectivity index (χ1v) is 5.83. The third-order valence-corrected chi connectivity index (χ3v) is 2.60. The number of carbonyl (C=O) groups is 1. The highest BCUT2D eigenvalue weighted by Gasteiger charge is 2.15. The lowest BCUT2D eigenvalue weighted by molar-refractivity contribution is -0.119. The summed E-state index contributed by atoms with van der Waals surface area (Å²) in [6, 6.07) is 2.80. The molecule has 0 saturated heterocycles. The lowest BCUT2D eigenvalue weighted by Gasteiger charge is -2.27. The Morgan fingerprint density at radius 3 is 2.26 bits per heavy atom. The van der Waals surface area contributed by atoms with Gasteiger partial charge >= 0.3 is 0 Å². The highest BCUT2D eigenvalue weighted by Crippen LogP contribution is 2.16. The van der Waals surface area contributed by atoms with Crippen molar-refractivity contribution >= 4 is 6.41 Å². The summed E-state index contributed by atoms with van der Waals surface area (Å²) < 4.78 is 31.3. The maximum Gasteiger partial charge on any atom is 0.209 e. The minimum absolute atomic E-state index is 0.112. The van der Waals surface area contributed by atoms with E-state index in [1.807, 2.05) is 19.0 Å². The summed E-state index contributed by atoms with van der Waals surface area (Å²) in [4.78, 5) is 14.2. The van der Waals surface area contributed by atoms with Gasteiger partial charge in [0, 0.05) is 31.8 Å². The van der Waals surface area contributed by atoms with Gasteiger partial charge in [0.05, 0.1) is 6.04 Å². The third-order valence-electron chi connectivity index (χ3n) is 2.60. The number of likely N-dealkylation sites (N-methyl/N-ethyl adjacent to an activating group) is 2. The number of rotatable bonds is 7. The van der Waals surface area contributed by atoms with E-state index in [2.05, 4.69) is 0 Å². The molecule has 0 spiro atoms. The summed E-state index contributed by atoms with van der Waals surface area (Å²) in [5, 5.41) is 0. The Labute approximate surface area is 111 Å². The zero-order valence-electron chi connectivity index (χ0n) is 11.3. The predicted octanol–water partition coefficient (Wildman–Crippen LogP) is 1.36. The summed E-state index contributed by atoms with van der Waals surface area (Å²) >= 11 is 0. The van der Waals surface area contributed by atoms with Crippen LogP contribution < -0.4 is 4.74 Å². The van der Waals surface area contributed by atoms with Crippen molar-refractivity contribution in [2.24, 2.45) is 0 Å². The Morgan fingerprint density at radius 2 is 1.79 bits per heavy atom. The van der Waals surface area contributed by atoms with Crippen LogP contribution in [0.4, 0.5) is 8.78 Å². The zero-order valence-corrected chi connectivity index (χ0v) is 11.3. The molecule has 1 rings (SSSR count). The van der Waals surface area contributed by atoms with Crippen molar-refractivity contribution in [1.29, 1.82) is 0 Å². The normalized spacial score (nSPS) is 12.3. The minimum atomic E-state index is -0.692. The molecule has 1 unspecified atom stereocenters. The van der Waals surface area contributed by atoms with Gasteiger partial charge in [-0.2, -0.15) is 0 Å². The van der Waals surface area contributed by atoms with Gasteiger partial charge in [0.15, 0.2) is 0 Å². The summed E-state index contributed by atoms with van der Waals surface area (Å²) in [5.41, 5.74) is 0. The van der Waals surface area contributed by atoms with Crippen LogP contribution in [0, 0.1) is 11.6 Å². The van der Waals surface area contributed by atoms with Crippen molar-refractivity contribution in [3.63, 3.8) is 0 Å². The number of hydrogen-bond acceptors (Lipinski definition) is 3. The van der Waals surface area contributed by atoms with Crippen molar-refractivity contribution in [2.45, 2.75) is 6.04 Å². The molecule has 0 heterocycles. The maximum absolute atomic E-state index is 13.0. The van der Waals surface area contributed by atoms with Gasteiger partial charge in [0.25, 0.3) is 0 Å². The SMILES string of the molecule is CN(C)CC(COc1cc(F)cc(F)c1)N(C)C=O. The first-order chi connectivity index (χ1) is 8.92. The van der Waals surface area contributed by atoms with Crippen LogP contribution in [0.2, 0.25) is 0 Å². The van der Waals surface area contributed by atoms with E-state index in [-0.39, 0.29) is 18.4 Å². The number of ether oxygens (including phenoxy) is 1. The fraction of sp³-hybridized carbons (Fsp3) is 0.462. The smallest absolute Gasteiger partial charge is 0.209 e. The number of nitrogens with zero attached hydrogens (tertiary/aromatic N) is 2. The van der Waals surface area contributed by atoms with Crippen LogP contribution in [0.1, 0.15) is 0 Å². The second kappa shape index (κ2) is 7.04. The van der Waals surface area contributed by atoms with Gasteiger partial charge in [-0.25, -0.2) is 8.78 Å². The van der Waals surface area contributed by atoms with Crippen LogP contribution in [0.3, 0.4) is 0 Å². The molecule has 0 bridgehead atoms. The van der Waals surface area contributed by atoms with Crippen LogP contribution >= 0.6 is 0 Å². The Balaban J connectivity index is 2.66. The van der Waals surface area contributed by atoms with Gasteiger partial charge in [0.1, 0.15) is 24.0 Å². The third kappa shape index (κ3) is 5.21. The second-order valence-electron chi connectivity index (χ2n) is 4.60. The summed E-state index contributed by atoms with van der Waals surface area (Å²) in [7, 11) is 5.37. The van der Waals surface area contributed by atoms with Gasteiger partial charge in [-0.05, 0) is 14.1 Å². The molecule has 1 aromatic carbocycles. The molecular formula is C13H18F2N2O2. The number of hydrogen-bond donors (Lipinski definition) is 0. The zero-order chi connectivity index (χ0) is 14.4. The molecule has 1 aromatic rings. The van der Waals surface area contributed by atoms with E-state index in [4.69, 9.17) is 4.74 Å². The number of carbonyl (C=O) groups excluding carboxylic acids is 1. The van der Waals surface area contributed by atoms with Crippen LogP contribution in [-0.2, 0) is 4.79 Å². The van der Waals surface area contributed by atoms with Crippen molar-refractivity contribution in [3.8, 4) is 5.75 Å². The molecule has 106 valence electrons. The molecule has 0 aromatic heterocycles. The molecule has 1 atom stereocenters. The second-order valence-corrected chi connectivity index (χ2v) is 4.60. The van der Waals surface area contributed by atoms with Gasteiger partial charge in [0.2, 0.25) is 6.41 Å². The fourth-order valence-corrected chi connectivity index (χ4v) is 1.61. The average Bonchev–Trinajstić information content (AvgIpc) is 2.31. The fourth-order valence-electron chi connectivity index (χ4n) is 1.61. The van der Waals surface area contributed by atoms with Crippen molar-refractivity contribution in [1.82, 2.24) is 9.80 Å². The first kappa shape index (κ1) is 15.4. The van der Waals surface area contributed by atoms with E-state index in [0.717, 1.165) is 18.2 Å². The Bertz CT molecular complexity index is 407. The molecule has 0 N–H and O–H groups in total. The summed E-state index contributed by atoms with van der Waals surface area (Å²) in [5.74, 6) is -1.27. The van der Waals surface area contributed by atoms with Gasteiger partial charge in [-0.3, -0.25) is 4.79 Å². The van der Waals surface area contributed by atoms with Crippen molar-refractivity contribution < 1.29 is 18.3 Å². The number of halogens is 2. The van der Waals surface area contributed by atoms with Crippen LogP contribution in [0.5, 0.6) is 5.75 Å². The summed E-state index contributed by atoms with van der Waals surface area (Å²) in [6.07, 6.45) is 0.698. The van der Waals surface area contributed by atoms with E-state index in [0.29, 0.717) is 13.0 Å². The monoisotopic (exact) mass is 272 g/mol. The molecule has 0 aliphatic rings. The van der Waals surface area contributed by atoms with Crippen LogP contribution in [0.25, 0.3) is 0 Å². The first-order valence-electron chi connectivity index (χ1n) is 5.83. The van der Waals surface area contributed by atoms with E-state index in [1.165, 1.54) is 4.90 Å². The lowest BCUT2D eigenvalue weighted by Crippen LogP contribution is -2.43. The highest BCUT2D eigenvalue weighted by molar-refractivity contribution is 5.47. The molecule has 0 fully saturated rings. The van der Waals surface area contributed by atoms with E-state index in [9.17, 15) is 13.6 Å². The molecule has 0 radical (unpaired) electrons. The standard InChI is InChI=1S/C13H18F2N2O2/c1-16(2)7-12(17(3)9-18)8-19-13-5-10(14)4-11(15)6-13/h4-6,9,12H,7-8H2,1-3H3. The molecule has 6 heteroatoms. The average molecular weight is 272 g/mol. The predicted molar refractivity (Wildman–Crippen MR) is 68.0 cm³/mol. The lowest BCUT2D eigenvalue weighted by atomic mass is 10.2. The minimum Gasteiger partial charge on any atom is -0.491 e. The van der Waals surface area contributed by atoms with Gasteiger partial charge in [-0.1, -0.05) is 0 Å². The Morgan fingerprint density at radius 1 is 1.21 bits per heavy atom.